The predicted octanol–water partition coefficient (Wildman–Crippen LogP) is 3.53. The Balaban J connectivity index is 2.08. The standard InChI is InChI=1S/C19H17NO3/c1-22-16-4-3-13-11-19(21)18-6-5-17(23-2)9-14(18)7-8-20-12-15(13)10-16/h3-10,12H,11H2,1-2H3/b8-7-,20-12?. The van der Waals surface area contributed by atoms with Gasteiger partial charge >= 0.3 is 0 Å². The summed E-state index contributed by atoms with van der Waals surface area (Å²) < 4.78 is 10.5. The zero-order valence-electron chi connectivity index (χ0n) is 13.1. The first-order chi connectivity index (χ1) is 11.2. The van der Waals surface area contributed by atoms with E-state index < -0.39 is 0 Å². The molecular weight excluding hydrogens is 290 g/mol. The molecule has 116 valence electrons. The Morgan fingerprint density at radius 1 is 0.957 bits per heavy atom. The number of Topliss-reactive ketones (excluding diaryl/α,β-unsaturated/α-hetero) is 1. The van der Waals surface area contributed by atoms with Gasteiger partial charge in [0.1, 0.15) is 11.5 Å². The molecule has 0 saturated carbocycles. The monoisotopic (exact) mass is 307 g/mol. The number of rotatable bonds is 2. The summed E-state index contributed by atoms with van der Waals surface area (Å²) in [7, 11) is 3.23. The van der Waals surface area contributed by atoms with Crippen LogP contribution in [-0.4, -0.2) is 26.2 Å². The highest BCUT2D eigenvalue weighted by Gasteiger charge is 2.15. The van der Waals surface area contributed by atoms with Crippen molar-refractivity contribution >= 4 is 18.1 Å². The van der Waals surface area contributed by atoms with Crippen molar-refractivity contribution in [2.75, 3.05) is 14.2 Å². The third kappa shape index (κ3) is 3.16. The Labute approximate surface area is 135 Å². The summed E-state index contributed by atoms with van der Waals surface area (Å²) in [5.41, 5.74) is 3.29. The van der Waals surface area contributed by atoms with Gasteiger partial charge in [-0.25, -0.2) is 0 Å². The van der Waals surface area contributed by atoms with Gasteiger partial charge in [-0.1, -0.05) is 6.07 Å². The van der Waals surface area contributed by atoms with Crippen molar-refractivity contribution in [1.82, 2.24) is 0 Å². The largest absolute Gasteiger partial charge is 0.497 e. The van der Waals surface area contributed by atoms with Crippen LogP contribution in [0.2, 0.25) is 0 Å². The first-order valence-corrected chi connectivity index (χ1v) is 7.29. The average molecular weight is 307 g/mol. The highest BCUT2D eigenvalue weighted by Crippen LogP contribution is 2.23. The lowest BCUT2D eigenvalue weighted by molar-refractivity contribution is 0.0992. The smallest absolute Gasteiger partial charge is 0.167 e. The first-order valence-electron chi connectivity index (χ1n) is 7.29. The minimum Gasteiger partial charge on any atom is -0.497 e. The molecule has 0 spiro atoms. The van der Waals surface area contributed by atoms with Gasteiger partial charge in [-0.3, -0.25) is 9.79 Å². The molecule has 0 saturated heterocycles. The van der Waals surface area contributed by atoms with Crippen LogP contribution in [0.3, 0.4) is 0 Å². The van der Waals surface area contributed by atoms with Gasteiger partial charge in [0, 0.05) is 30.0 Å². The zero-order chi connectivity index (χ0) is 16.2. The van der Waals surface area contributed by atoms with Crippen LogP contribution in [0.1, 0.15) is 27.0 Å². The molecule has 0 unspecified atom stereocenters. The third-order valence-electron chi connectivity index (χ3n) is 3.82. The number of hydrogen-bond donors (Lipinski definition) is 0. The van der Waals surface area contributed by atoms with Crippen LogP contribution in [0, 0.1) is 0 Å². The summed E-state index contributed by atoms with van der Waals surface area (Å²) in [6.45, 7) is 0. The summed E-state index contributed by atoms with van der Waals surface area (Å²) in [5, 5.41) is 0. The molecule has 23 heavy (non-hydrogen) atoms. The van der Waals surface area contributed by atoms with Gasteiger partial charge in [-0.2, -0.15) is 0 Å². The molecule has 4 nitrogen and oxygen atoms in total. The Morgan fingerprint density at radius 3 is 2.39 bits per heavy atom. The molecule has 1 aliphatic heterocycles. The molecule has 4 heteroatoms. The van der Waals surface area contributed by atoms with Crippen molar-refractivity contribution in [1.29, 1.82) is 0 Å². The minimum absolute atomic E-state index is 0.0639. The van der Waals surface area contributed by atoms with Crippen molar-refractivity contribution in [3.05, 3.63) is 64.9 Å². The van der Waals surface area contributed by atoms with E-state index in [4.69, 9.17) is 9.47 Å². The number of nitrogens with zero attached hydrogens (tertiary/aromatic N) is 1. The van der Waals surface area contributed by atoms with E-state index in [0.717, 1.165) is 22.4 Å². The number of benzene rings is 2. The number of ether oxygens (including phenoxy) is 2. The van der Waals surface area contributed by atoms with Gasteiger partial charge in [0.05, 0.1) is 14.2 Å². The molecule has 1 aliphatic rings. The Bertz CT molecular complexity index is 806. The van der Waals surface area contributed by atoms with Crippen LogP contribution in [0.15, 0.2) is 47.6 Å². The summed E-state index contributed by atoms with van der Waals surface area (Å²) in [5.74, 6) is 1.52. The van der Waals surface area contributed by atoms with E-state index in [1.54, 1.807) is 38.8 Å². The lowest BCUT2D eigenvalue weighted by Crippen LogP contribution is -2.08. The van der Waals surface area contributed by atoms with Crippen LogP contribution in [0.5, 0.6) is 11.5 Å². The Kier molecular flexibility index (Phi) is 4.24. The van der Waals surface area contributed by atoms with E-state index in [1.807, 2.05) is 30.3 Å². The van der Waals surface area contributed by atoms with Crippen LogP contribution >= 0.6 is 0 Å². The number of carbonyl (C=O) groups excluding carboxylic acids is 1. The maximum atomic E-state index is 12.7. The normalized spacial score (nSPS) is 14.6. The SMILES string of the molecule is COc1ccc2c(c1)C=N/C=C\c1cc(OC)ccc1C(=O)C2. The van der Waals surface area contributed by atoms with Crippen molar-refractivity contribution in [2.45, 2.75) is 6.42 Å². The lowest BCUT2D eigenvalue weighted by Gasteiger charge is -2.11. The molecule has 0 fully saturated rings. The summed E-state index contributed by atoms with van der Waals surface area (Å²) >= 11 is 0. The van der Waals surface area contributed by atoms with Gasteiger partial charge in [0.25, 0.3) is 0 Å². The molecule has 2 aromatic rings. The van der Waals surface area contributed by atoms with Crippen LogP contribution in [0.25, 0.3) is 6.08 Å². The number of ketones is 1. The fourth-order valence-corrected chi connectivity index (χ4v) is 2.56. The molecule has 2 aromatic carbocycles. The molecule has 3 rings (SSSR count). The highest BCUT2D eigenvalue weighted by molar-refractivity contribution is 6.02. The Morgan fingerprint density at radius 2 is 1.65 bits per heavy atom. The second-order valence-electron chi connectivity index (χ2n) is 5.21. The van der Waals surface area contributed by atoms with Gasteiger partial charge in [0.2, 0.25) is 0 Å². The van der Waals surface area contributed by atoms with Crippen LogP contribution in [0.4, 0.5) is 0 Å². The molecule has 0 radical (unpaired) electrons. The zero-order valence-corrected chi connectivity index (χ0v) is 13.1. The van der Waals surface area contributed by atoms with E-state index >= 15 is 0 Å². The Hall–Kier alpha value is -2.88. The maximum absolute atomic E-state index is 12.7. The van der Waals surface area contributed by atoms with E-state index in [1.165, 1.54) is 0 Å². The number of carbonyl (C=O) groups is 1. The fourth-order valence-electron chi connectivity index (χ4n) is 2.56. The third-order valence-corrected chi connectivity index (χ3v) is 3.82. The number of hydrogen-bond acceptors (Lipinski definition) is 4. The number of methoxy groups -OCH3 is 2. The highest BCUT2D eigenvalue weighted by atomic mass is 16.5. The molecule has 1 heterocycles. The molecule has 0 N–H and O–H groups in total. The number of fused-ring (bicyclic) bond motifs is 2. The van der Waals surface area contributed by atoms with Crippen molar-refractivity contribution < 1.29 is 14.3 Å². The van der Waals surface area contributed by atoms with Crippen LogP contribution in [-0.2, 0) is 6.42 Å². The molecule has 0 aliphatic carbocycles. The van der Waals surface area contributed by atoms with Gasteiger partial charge in [-0.15, -0.1) is 0 Å². The summed E-state index contributed by atoms with van der Waals surface area (Å²) in [6, 6.07) is 11.1. The quantitative estimate of drug-likeness (QED) is 0.852. The molecular formula is C19H17NO3. The predicted molar refractivity (Wildman–Crippen MR) is 90.7 cm³/mol. The van der Waals surface area contributed by atoms with Crippen molar-refractivity contribution in [3.8, 4) is 11.5 Å². The van der Waals surface area contributed by atoms with Crippen LogP contribution < -0.4 is 9.47 Å². The maximum Gasteiger partial charge on any atom is 0.167 e. The summed E-state index contributed by atoms with van der Waals surface area (Å²) in [4.78, 5) is 17.0. The molecule has 0 amide bonds. The van der Waals surface area contributed by atoms with E-state index in [2.05, 4.69) is 4.99 Å². The number of aliphatic imine (C=N–C) groups is 1. The fraction of sp³-hybridized carbons (Fsp3) is 0.158. The molecule has 0 bridgehead atoms. The van der Waals surface area contributed by atoms with Gasteiger partial charge in [0.15, 0.2) is 5.78 Å². The minimum atomic E-state index is 0.0639. The summed E-state index contributed by atoms with van der Waals surface area (Å²) in [6.07, 6.45) is 5.56. The topological polar surface area (TPSA) is 47.9 Å². The lowest BCUT2D eigenvalue weighted by atomic mass is 9.95. The second-order valence-corrected chi connectivity index (χ2v) is 5.21. The first kappa shape index (κ1) is 15.0. The van der Waals surface area contributed by atoms with Gasteiger partial charge < -0.3 is 9.47 Å². The molecule has 0 aromatic heterocycles. The van der Waals surface area contributed by atoms with Crippen molar-refractivity contribution in [2.24, 2.45) is 4.99 Å². The molecule has 0 atom stereocenters. The van der Waals surface area contributed by atoms with Gasteiger partial charge in [-0.05, 0) is 47.5 Å². The average Bonchev–Trinajstić information content (AvgIpc) is 2.59. The van der Waals surface area contributed by atoms with E-state index in [-0.39, 0.29) is 5.78 Å². The van der Waals surface area contributed by atoms with Crippen molar-refractivity contribution in [3.63, 3.8) is 0 Å². The second kappa shape index (κ2) is 6.48. The van der Waals surface area contributed by atoms with E-state index in [9.17, 15) is 4.79 Å². The van der Waals surface area contributed by atoms with E-state index in [0.29, 0.717) is 17.7 Å².